The van der Waals surface area contributed by atoms with E-state index in [0.29, 0.717) is 5.56 Å². The summed E-state index contributed by atoms with van der Waals surface area (Å²) in [5.41, 5.74) is -3.89. The predicted molar refractivity (Wildman–Crippen MR) is 83.1 cm³/mol. The van der Waals surface area contributed by atoms with E-state index < -0.39 is 40.6 Å². The molecule has 0 saturated carbocycles. The molecular formula is C17H7F8N3O. The number of pyridine rings is 2. The van der Waals surface area contributed by atoms with Gasteiger partial charge in [0, 0.05) is 22.7 Å². The zero-order chi connectivity index (χ0) is 21.2. The average Bonchev–Trinajstić information content (AvgIpc) is 3.27. The summed E-state index contributed by atoms with van der Waals surface area (Å²) >= 11 is 0. The number of nitrogens with zero attached hydrogens (tertiary/aromatic N) is 3. The van der Waals surface area contributed by atoms with Crippen LogP contribution in [0.2, 0.25) is 0 Å². The van der Waals surface area contributed by atoms with Crippen molar-refractivity contribution < 1.29 is 39.5 Å². The van der Waals surface area contributed by atoms with Crippen molar-refractivity contribution in [2.75, 3.05) is 0 Å². The van der Waals surface area contributed by atoms with Gasteiger partial charge in [-0.25, -0.2) is 9.97 Å². The third kappa shape index (κ3) is 2.98. The van der Waals surface area contributed by atoms with Gasteiger partial charge in [-0.3, -0.25) is 0 Å². The lowest BCUT2D eigenvalue weighted by atomic mass is 10.1. The monoisotopic (exact) mass is 421 g/mol. The molecular weight excluding hydrogens is 414 g/mol. The van der Waals surface area contributed by atoms with Crippen LogP contribution in [0.15, 0.2) is 47.5 Å². The van der Waals surface area contributed by atoms with Crippen molar-refractivity contribution in [1.29, 1.82) is 0 Å². The first-order valence-corrected chi connectivity index (χ1v) is 7.76. The summed E-state index contributed by atoms with van der Waals surface area (Å²) in [6.45, 7) is 0. The third-order valence-corrected chi connectivity index (χ3v) is 4.24. The van der Waals surface area contributed by atoms with Crippen LogP contribution in [0.4, 0.5) is 35.1 Å². The van der Waals surface area contributed by atoms with E-state index >= 15 is 0 Å². The first kappa shape index (κ1) is 19.2. The van der Waals surface area contributed by atoms with Gasteiger partial charge in [-0.1, -0.05) is 0 Å². The Labute approximate surface area is 155 Å². The fraction of sp³-hybridized carbons (Fsp3) is 0.176. The largest absolute Gasteiger partial charge is 0.459 e. The van der Waals surface area contributed by atoms with Crippen LogP contribution in [-0.2, 0) is 12.1 Å². The lowest BCUT2D eigenvalue weighted by Gasteiger charge is -2.21. The van der Waals surface area contributed by atoms with Crippen LogP contribution >= 0.6 is 0 Å². The number of hydrogen-bond donors (Lipinski definition) is 0. The fourth-order valence-electron chi connectivity index (χ4n) is 2.88. The van der Waals surface area contributed by atoms with Crippen LogP contribution in [0.5, 0.6) is 0 Å². The Morgan fingerprint density at radius 2 is 1.66 bits per heavy atom. The van der Waals surface area contributed by atoms with Gasteiger partial charge in [-0.15, -0.1) is 0 Å². The molecule has 0 spiro atoms. The summed E-state index contributed by atoms with van der Waals surface area (Å²) in [4.78, 5) is 6.94. The fourth-order valence-corrected chi connectivity index (χ4v) is 2.88. The van der Waals surface area contributed by atoms with Crippen LogP contribution < -0.4 is 0 Å². The summed E-state index contributed by atoms with van der Waals surface area (Å²) in [5.74, 6) is -5.36. The van der Waals surface area contributed by atoms with Crippen molar-refractivity contribution >= 4 is 16.6 Å². The summed E-state index contributed by atoms with van der Waals surface area (Å²) in [6.07, 6.45) is -7.70. The first-order valence-electron chi connectivity index (χ1n) is 7.76. The molecule has 0 unspecified atom stereocenters. The SMILES string of the molecule is FC(F)(F)c1cc(C(F)(F)C(F)(F)F)nc2c1ccc1cc(-c3cnco3)cn12. The molecule has 0 aliphatic carbocycles. The Hall–Kier alpha value is -3.18. The van der Waals surface area contributed by atoms with Crippen molar-refractivity contribution in [2.45, 2.75) is 18.3 Å². The molecule has 0 aliphatic heterocycles. The molecule has 152 valence electrons. The third-order valence-electron chi connectivity index (χ3n) is 4.24. The molecule has 0 N–H and O–H groups in total. The zero-order valence-corrected chi connectivity index (χ0v) is 13.8. The molecule has 0 bridgehead atoms. The van der Waals surface area contributed by atoms with Crippen LogP contribution in [0, 0.1) is 0 Å². The van der Waals surface area contributed by atoms with Gasteiger partial charge in [0.25, 0.3) is 0 Å². The molecule has 0 aliphatic rings. The molecule has 12 heteroatoms. The minimum Gasteiger partial charge on any atom is -0.443 e. The molecule has 0 radical (unpaired) electrons. The van der Waals surface area contributed by atoms with Crippen molar-refractivity contribution in [3.63, 3.8) is 0 Å². The smallest absolute Gasteiger partial charge is 0.443 e. The quantitative estimate of drug-likeness (QED) is 0.384. The molecule has 4 aromatic rings. The highest BCUT2D eigenvalue weighted by Crippen LogP contribution is 2.45. The maximum atomic E-state index is 13.8. The van der Waals surface area contributed by atoms with Crippen LogP contribution in [0.25, 0.3) is 27.9 Å². The molecule has 0 aromatic carbocycles. The van der Waals surface area contributed by atoms with Crippen molar-refractivity contribution in [1.82, 2.24) is 14.4 Å². The molecule has 4 rings (SSSR count). The highest BCUT2D eigenvalue weighted by atomic mass is 19.4. The van der Waals surface area contributed by atoms with Gasteiger partial charge in [0.05, 0.1) is 11.8 Å². The summed E-state index contributed by atoms with van der Waals surface area (Å²) in [5, 5.41) is -0.633. The highest BCUT2D eigenvalue weighted by Gasteiger charge is 2.60. The lowest BCUT2D eigenvalue weighted by Crippen LogP contribution is -2.35. The Morgan fingerprint density at radius 3 is 2.24 bits per heavy atom. The van der Waals surface area contributed by atoms with Crippen molar-refractivity contribution in [2.24, 2.45) is 0 Å². The van der Waals surface area contributed by atoms with Gasteiger partial charge in [0.2, 0.25) is 0 Å². The molecule has 4 aromatic heterocycles. The summed E-state index contributed by atoms with van der Waals surface area (Å²) in [6, 6.07) is 3.37. The highest BCUT2D eigenvalue weighted by molar-refractivity contribution is 5.85. The normalized spacial score (nSPS) is 13.5. The Bertz CT molecular complexity index is 1210. The summed E-state index contributed by atoms with van der Waals surface area (Å²) < 4.78 is 112. The first-order chi connectivity index (χ1) is 13.4. The maximum absolute atomic E-state index is 13.8. The van der Waals surface area contributed by atoms with Crippen molar-refractivity contribution in [3.8, 4) is 11.3 Å². The number of oxazole rings is 1. The Kier molecular flexibility index (Phi) is 3.90. The number of hydrogen-bond acceptors (Lipinski definition) is 3. The van der Waals surface area contributed by atoms with E-state index in [1.54, 1.807) is 0 Å². The molecule has 0 fully saturated rings. The maximum Gasteiger partial charge on any atom is 0.459 e. The van der Waals surface area contributed by atoms with E-state index in [9.17, 15) is 35.1 Å². The van der Waals surface area contributed by atoms with E-state index in [2.05, 4.69) is 9.97 Å². The summed E-state index contributed by atoms with van der Waals surface area (Å²) in [7, 11) is 0. The van der Waals surface area contributed by atoms with Gasteiger partial charge in [0.1, 0.15) is 11.3 Å². The van der Waals surface area contributed by atoms with Gasteiger partial charge in [-0.2, -0.15) is 35.1 Å². The second-order valence-corrected chi connectivity index (χ2v) is 6.08. The Morgan fingerprint density at radius 1 is 0.931 bits per heavy atom. The van der Waals surface area contributed by atoms with Crippen molar-refractivity contribution in [3.05, 3.63) is 54.3 Å². The number of rotatable bonds is 2. The average molecular weight is 421 g/mol. The van der Waals surface area contributed by atoms with Gasteiger partial charge >= 0.3 is 18.3 Å². The van der Waals surface area contributed by atoms with E-state index in [-0.39, 0.29) is 17.3 Å². The predicted octanol–water partition coefficient (Wildman–Crippen LogP) is 5.82. The van der Waals surface area contributed by atoms with Crippen LogP contribution in [-0.4, -0.2) is 20.5 Å². The molecule has 0 amide bonds. The number of halogens is 8. The Balaban J connectivity index is 2.08. The second-order valence-electron chi connectivity index (χ2n) is 6.08. The minimum atomic E-state index is -6.12. The topological polar surface area (TPSA) is 43.3 Å². The standard InChI is InChI=1S/C17H7F8N3O/c18-15(19,17(23,24)25)13-4-11(16(20,21)22)10-2-1-9-3-8(12-5-26-7-29-12)6-28(9)14(10)27-13/h1-7H. The van der Waals surface area contributed by atoms with E-state index in [1.165, 1.54) is 24.5 Å². The lowest BCUT2D eigenvalue weighted by molar-refractivity contribution is -0.291. The number of aromatic nitrogens is 3. The van der Waals surface area contributed by atoms with E-state index in [0.717, 1.165) is 16.9 Å². The number of alkyl halides is 8. The number of fused-ring (bicyclic) bond motifs is 3. The van der Waals surface area contributed by atoms with Crippen LogP contribution in [0.1, 0.15) is 11.3 Å². The molecule has 29 heavy (non-hydrogen) atoms. The molecule has 0 atom stereocenters. The van der Waals surface area contributed by atoms with Gasteiger partial charge < -0.3 is 8.82 Å². The molecule has 4 nitrogen and oxygen atoms in total. The van der Waals surface area contributed by atoms with E-state index in [1.807, 2.05) is 0 Å². The van der Waals surface area contributed by atoms with Gasteiger partial charge in [-0.05, 0) is 24.3 Å². The molecule has 0 saturated heterocycles. The minimum absolute atomic E-state index is 0.206. The second kappa shape index (κ2) is 5.91. The van der Waals surface area contributed by atoms with Gasteiger partial charge in [0.15, 0.2) is 12.2 Å². The van der Waals surface area contributed by atoms with Crippen LogP contribution in [0.3, 0.4) is 0 Å². The zero-order valence-electron chi connectivity index (χ0n) is 13.8. The van der Waals surface area contributed by atoms with E-state index in [4.69, 9.17) is 4.42 Å². The molecule has 4 heterocycles.